The van der Waals surface area contributed by atoms with Crippen molar-refractivity contribution < 1.29 is 14.3 Å². The van der Waals surface area contributed by atoms with Crippen molar-refractivity contribution in [3.05, 3.63) is 10.6 Å². The highest BCUT2D eigenvalue weighted by Crippen LogP contribution is 2.24. The number of thiazole rings is 1. The number of anilines is 1. The van der Waals surface area contributed by atoms with Gasteiger partial charge in [0.1, 0.15) is 6.04 Å². The zero-order chi connectivity index (χ0) is 14.6. The topological polar surface area (TPSA) is 94.3 Å². The second kappa shape index (κ2) is 6.51. The van der Waals surface area contributed by atoms with Gasteiger partial charge in [-0.2, -0.15) is 0 Å². The van der Waals surface area contributed by atoms with E-state index in [0.29, 0.717) is 11.7 Å². The third-order valence-corrected chi connectivity index (χ3v) is 3.42. The molecule has 106 valence electrons. The van der Waals surface area contributed by atoms with Crippen LogP contribution in [0.3, 0.4) is 0 Å². The van der Waals surface area contributed by atoms with Crippen LogP contribution in [0.4, 0.5) is 5.13 Å². The molecule has 0 saturated heterocycles. The normalized spacial score (nSPS) is 12.3. The van der Waals surface area contributed by atoms with Crippen molar-refractivity contribution in [2.75, 3.05) is 11.9 Å². The number of carbonyl (C=O) groups is 2. The Kier molecular flexibility index (Phi) is 5.29. The van der Waals surface area contributed by atoms with E-state index in [-0.39, 0.29) is 11.6 Å². The molecule has 1 atom stereocenters. The summed E-state index contributed by atoms with van der Waals surface area (Å²) < 4.78 is 4.91. The average molecular weight is 285 g/mol. The quantitative estimate of drug-likeness (QED) is 0.773. The predicted octanol–water partition coefficient (Wildman–Crippen LogP) is 1.55. The molecule has 19 heavy (non-hydrogen) atoms. The SMILES string of the molecule is CCOC(=O)c1nc(NC(C(N)=O)C(C)C)sc1C. The van der Waals surface area contributed by atoms with Gasteiger partial charge in [0.2, 0.25) is 5.91 Å². The number of nitrogens with one attached hydrogen (secondary N) is 1. The van der Waals surface area contributed by atoms with Crippen molar-refractivity contribution >= 4 is 28.3 Å². The van der Waals surface area contributed by atoms with E-state index in [9.17, 15) is 9.59 Å². The Morgan fingerprint density at radius 1 is 1.47 bits per heavy atom. The molecule has 0 spiro atoms. The van der Waals surface area contributed by atoms with Gasteiger partial charge < -0.3 is 15.8 Å². The van der Waals surface area contributed by atoms with Gasteiger partial charge in [-0.25, -0.2) is 9.78 Å². The number of hydrogen-bond donors (Lipinski definition) is 2. The number of ether oxygens (including phenoxy) is 1. The number of aromatic nitrogens is 1. The number of amides is 1. The maximum Gasteiger partial charge on any atom is 0.358 e. The molecular weight excluding hydrogens is 266 g/mol. The van der Waals surface area contributed by atoms with E-state index in [0.717, 1.165) is 4.88 Å². The molecule has 0 bridgehead atoms. The van der Waals surface area contributed by atoms with Crippen molar-refractivity contribution in [3.63, 3.8) is 0 Å². The van der Waals surface area contributed by atoms with Gasteiger partial charge in [0.25, 0.3) is 0 Å². The first-order valence-corrected chi connectivity index (χ1v) is 6.88. The fraction of sp³-hybridized carbons (Fsp3) is 0.583. The first kappa shape index (κ1) is 15.4. The van der Waals surface area contributed by atoms with E-state index >= 15 is 0 Å². The molecule has 0 fully saturated rings. The molecule has 0 aromatic carbocycles. The number of rotatable bonds is 6. The Morgan fingerprint density at radius 3 is 2.58 bits per heavy atom. The number of carbonyl (C=O) groups excluding carboxylic acids is 2. The summed E-state index contributed by atoms with van der Waals surface area (Å²) in [6.07, 6.45) is 0. The van der Waals surface area contributed by atoms with Crippen molar-refractivity contribution in [2.45, 2.75) is 33.7 Å². The molecule has 0 saturated carbocycles. The van der Waals surface area contributed by atoms with Crippen molar-refractivity contribution in [1.29, 1.82) is 0 Å². The smallest absolute Gasteiger partial charge is 0.358 e. The zero-order valence-corrected chi connectivity index (χ0v) is 12.3. The van der Waals surface area contributed by atoms with E-state index < -0.39 is 17.9 Å². The van der Waals surface area contributed by atoms with Crippen LogP contribution in [0.5, 0.6) is 0 Å². The molecule has 1 heterocycles. The first-order chi connectivity index (χ1) is 8.86. The maximum absolute atomic E-state index is 11.6. The molecular formula is C12H19N3O3S. The highest BCUT2D eigenvalue weighted by molar-refractivity contribution is 7.15. The lowest BCUT2D eigenvalue weighted by Crippen LogP contribution is -2.39. The summed E-state index contributed by atoms with van der Waals surface area (Å²) in [4.78, 5) is 27.9. The van der Waals surface area contributed by atoms with Crippen LogP contribution in [0.25, 0.3) is 0 Å². The Balaban J connectivity index is 2.89. The molecule has 1 unspecified atom stereocenters. The van der Waals surface area contributed by atoms with Crippen molar-refractivity contribution in [3.8, 4) is 0 Å². The van der Waals surface area contributed by atoms with E-state index in [1.165, 1.54) is 11.3 Å². The van der Waals surface area contributed by atoms with Gasteiger partial charge in [-0.1, -0.05) is 13.8 Å². The number of nitrogens with zero attached hydrogens (tertiary/aromatic N) is 1. The van der Waals surface area contributed by atoms with Gasteiger partial charge in [0.05, 0.1) is 6.61 Å². The summed E-state index contributed by atoms with van der Waals surface area (Å²) >= 11 is 1.30. The molecule has 7 heteroatoms. The average Bonchev–Trinajstić information content (AvgIpc) is 2.67. The molecule has 0 aliphatic carbocycles. The zero-order valence-electron chi connectivity index (χ0n) is 11.5. The molecule has 6 nitrogen and oxygen atoms in total. The van der Waals surface area contributed by atoms with Gasteiger partial charge in [-0.15, -0.1) is 11.3 Å². The highest BCUT2D eigenvalue weighted by Gasteiger charge is 2.22. The summed E-state index contributed by atoms with van der Waals surface area (Å²) in [5.74, 6) is -0.863. The molecule has 1 aromatic rings. The summed E-state index contributed by atoms with van der Waals surface area (Å²) in [6, 6.07) is -0.513. The van der Waals surface area contributed by atoms with Crippen LogP contribution in [0.1, 0.15) is 36.1 Å². The molecule has 0 aliphatic heterocycles. The largest absolute Gasteiger partial charge is 0.461 e. The maximum atomic E-state index is 11.6. The summed E-state index contributed by atoms with van der Waals surface area (Å²) in [7, 11) is 0. The summed E-state index contributed by atoms with van der Waals surface area (Å²) in [5.41, 5.74) is 5.60. The monoisotopic (exact) mass is 285 g/mol. The number of nitrogens with two attached hydrogens (primary N) is 1. The fourth-order valence-corrected chi connectivity index (χ4v) is 2.38. The standard InChI is InChI=1S/C12H19N3O3S/c1-5-18-11(17)9-7(4)19-12(15-9)14-8(6(2)3)10(13)16/h6,8H,5H2,1-4H3,(H2,13,16)(H,14,15). The molecule has 0 aliphatic rings. The van der Waals surface area contributed by atoms with Crippen LogP contribution in [-0.4, -0.2) is 29.5 Å². The van der Waals surface area contributed by atoms with E-state index in [1.54, 1.807) is 13.8 Å². The first-order valence-electron chi connectivity index (χ1n) is 6.07. The van der Waals surface area contributed by atoms with Crippen LogP contribution in [0, 0.1) is 12.8 Å². The third kappa shape index (κ3) is 3.92. The van der Waals surface area contributed by atoms with Crippen LogP contribution < -0.4 is 11.1 Å². The third-order valence-electron chi connectivity index (χ3n) is 2.52. The lowest BCUT2D eigenvalue weighted by molar-refractivity contribution is -0.119. The van der Waals surface area contributed by atoms with Crippen molar-refractivity contribution in [1.82, 2.24) is 4.98 Å². The van der Waals surface area contributed by atoms with Crippen LogP contribution in [0.15, 0.2) is 0 Å². The fourth-order valence-electron chi connectivity index (χ4n) is 1.55. The Hall–Kier alpha value is -1.63. The minimum absolute atomic E-state index is 0.0350. The predicted molar refractivity (Wildman–Crippen MR) is 74.3 cm³/mol. The number of primary amides is 1. The van der Waals surface area contributed by atoms with E-state index in [1.807, 2.05) is 13.8 Å². The second-order valence-electron chi connectivity index (χ2n) is 4.41. The highest BCUT2D eigenvalue weighted by atomic mass is 32.1. The van der Waals surface area contributed by atoms with Crippen LogP contribution in [-0.2, 0) is 9.53 Å². The van der Waals surface area contributed by atoms with Crippen molar-refractivity contribution in [2.24, 2.45) is 11.7 Å². The Labute approximate surface area is 116 Å². The van der Waals surface area contributed by atoms with Crippen LogP contribution >= 0.6 is 11.3 Å². The minimum atomic E-state index is -0.513. The van der Waals surface area contributed by atoms with Crippen LogP contribution in [0.2, 0.25) is 0 Å². The number of aryl methyl sites for hydroxylation is 1. The lowest BCUT2D eigenvalue weighted by Gasteiger charge is -2.17. The second-order valence-corrected chi connectivity index (χ2v) is 5.62. The molecule has 0 radical (unpaired) electrons. The number of hydrogen-bond acceptors (Lipinski definition) is 6. The Morgan fingerprint density at radius 2 is 2.11 bits per heavy atom. The van der Waals surface area contributed by atoms with Gasteiger partial charge >= 0.3 is 5.97 Å². The minimum Gasteiger partial charge on any atom is -0.461 e. The molecule has 1 rings (SSSR count). The lowest BCUT2D eigenvalue weighted by atomic mass is 10.0. The van der Waals surface area contributed by atoms with E-state index in [2.05, 4.69) is 10.3 Å². The van der Waals surface area contributed by atoms with Gasteiger partial charge in [0.15, 0.2) is 10.8 Å². The van der Waals surface area contributed by atoms with E-state index in [4.69, 9.17) is 10.5 Å². The number of esters is 1. The van der Waals surface area contributed by atoms with Gasteiger partial charge in [-0.05, 0) is 19.8 Å². The summed E-state index contributed by atoms with van der Waals surface area (Å²) in [5, 5.41) is 3.46. The Bertz CT molecular complexity index is 471. The van der Waals surface area contributed by atoms with Gasteiger partial charge in [-0.3, -0.25) is 4.79 Å². The molecule has 1 aromatic heterocycles. The molecule has 3 N–H and O–H groups in total. The van der Waals surface area contributed by atoms with Gasteiger partial charge in [0, 0.05) is 4.88 Å². The summed E-state index contributed by atoms with van der Waals surface area (Å²) in [6.45, 7) is 7.59. The molecule has 1 amide bonds.